The normalized spacial score (nSPS) is 11.2. The summed E-state index contributed by atoms with van der Waals surface area (Å²) in [7, 11) is 1.32. The highest BCUT2D eigenvalue weighted by Crippen LogP contribution is 2.02. The molecule has 0 amide bonds. The predicted molar refractivity (Wildman–Crippen MR) is 40.2 cm³/mol. The first-order valence-electron chi connectivity index (χ1n) is 2.69. The van der Waals surface area contributed by atoms with Crippen LogP contribution in [0.4, 0.5) is 0 Å². The Labute approximate surface area is 63.2 Å². The Morgan fingerprint density at radius 1 is 1.80 bits per heavy atom. The number of hydrogen-bond acceptors (Lipinski definition) is 4. The van der Waals surface area contributed by atoms with Gasteiger partial charge in [0.25, 0.3) is 0 Å². The molecular formula is C5H9NO3S. The third kappa shape index (κ3) is 3.34. The molecule has 0 aromatic carbocycles. The summed E-state index contributed by atoms with van der Waals surface area (Å²) in [4.78, 5) is 14.6. The molecular weight excluding hydrogens is 154 g/mol. The van der Waals surface area contributed by atoms with E-state index in [1.807, 2.05) is 6.92 Å². The van der Waals surface area contributed by atoms with Crippen molar-refractivity contribution in [3.05, 3.63) is 0 Å². The quantitative estimate of drug-likeness (QED) is 0.371. The van der Waals surface area contributed by atoms with Gasteiger partial charge in [-0.3, -0.25) is 0 Å². The van der Waals surface area contributed by atoms with E-state index in [0.29, 0.717) is 5.75 Å². The van der Waals surface area contributed by atoms with E-state index < -0.39 is 5.97 Å². The first-order valence-corrected chi connectivity index (χ1v) is 3.68. The van der Waals surface area contributed by atoms with Crippen LogP contribution in [-0.2, 0) is 9.63 Å². The molecule has 0 saturated heterocycles. The van der Waals surface area contributed by atoms with Gasteiger partial charge in [-0.1, -0.05) is 23.8 Å². The van der Waals surface area contributed by atoms with Gasteiger partial charge in [0.05, 0.1) is 0 Å². The van der Waals surface area contributed by atoms with Gasteiger partial charge < -0.3 is 9.94 Å². The van der Waals surface area contributed by atoms with Crippen LogP contribution in [0.3, 0.4) is 0 Å². The Kier molecular flexibility index (Phi) is 4.74. The van der Waals surface area contributed by atoms with Crippen molar-refractivity contribution >= 4 is 22.8 Å². The monoisotopic (exact) mass is 163 g/mol. The summed E-state index contributed by atoms with van der Waals surface area (Å²) in [5, 5.41) is 11.7. The molecule has 0 saturated carbocycles. The van der Waals surface area contributed by atoms with E-state index in [4.69, 9.17) is 5.11 Å². The highest BCUT2D eigenvalue weighted by Gasteiger charge is 2.08. The second-order valence-corrected chi connectivity index (χ2v) is 2.57. The summed E-state index contributed by atoms with van der Waals surface area (Å²) >= 11 is 1.13. The number of thioether (sulfide) groups is 1. The van der Waals surface area contributed by atoms with Gasteiger partial charge in [0.15, 0.2) is 0 Å². The molecule has 10 heavy (non-hydrogen) atoms. The van der Waals surface area contributed by atoms with E-state index in [0.717, 1.165) is 11.8 Å². The second-order valence-electron chi connectivity index (χ2n) is 1.32. The van der Waals surface area contributed by atoms with Gasteiger partial charge in [-0.25, -0.2) is 4.79 Å². The maximum atomic E-state index is 10.2. The summed E-state index contributed by atoms with van der Waals surface area (Å²) in [5.41, 5.74) is 0. The Hall–Kier alpha value is -0.710. The first kappa shape index (κ1) is 9.29. The summed E-state index contributed by atoms with van der Waals surface area (Å²) in [6, 6.07) is 0. The van der Waals surface area contributed by atoms with Crippen LogP contribution >= 0.6 is 11.8 Å². The number of oxime groups is 1. The van der Waals surface area contributed by atoms with Crippen molar-refractivity contribution < 1.29 is 14.7 Å². The molecule has 0 fully saturated rings. The van der Waals surface area contributed by atoms with Gasteiger partial charge in [-0.2, -0.15) is 0 Å². The average Bonchev–Trinajstić information content (AvgIpc) is 1.87. The van der Waals surface area contributed by atoms with E-state index in [1.54, 1.807) is 0 Å². The fourth-order valence-corrected chi connectivity index (χ4v) is 0.871. The second kappa shape index (κ2) is 5.10. The predicted octanol–water partition coefficient (Wildman–Crippen LogP) is 0.784. The number of hydrogen-bond donors (Lipinski definition) is 1. The highest BCUT2D eigenvalue weighted by atomic mass is 32.2. The van der Waals surface area contributed by atoms with Crippen LogP contribution in [0.25, 0.3) is 0 Å². The smallest absolute Gasteiger partial charge is 0.364 e. The molecule has 0 unspecified atom stereocenters. The van der Waals surface area contributed by atoms with Crippen molar-refractivity contribution in [2.24, 2.45) is 5.16 Å². The van der Waals surface area contributed by atoms with Crippen LogP contribution < -0.4 is 0 Å². The molecule has 0 rings (SSSR count). The number of carboxylic acids is 1. The molecule has 0 bridgehead atoms. The van der Waals surface area contributed by atoms with E-state index in [9.17, 15) is 4.79 Å². The van der Waals surface area contributed by atoms with Crippen molar-refractivity contribution in [2.45, 2.75) is 6.92 Å². The molecule has 1 N–H and O–H groups in total. The average molecular weight is 163 g/mol. The number of carboxylic acid groups (broad SMARTS) is 1. The maximum Gasteiger partial charge on any atom is 0.364 e. The van der Waals surface area contributed by atoms with Crippen LogP contribution in [0.2, 0.25) is 0 Å². The lowest BCUT2D eigenvalue weighted by Crippen LogP contribution is -2.09. The number of carbonyl (C=O) groups is 1. The fraction of sp³-hybridized carbons (Fsp3) is 0.600. The number of rotatable bonds is 2. The zero-order valence-electron chi connectivity index (χ0n) is 5.83. The van der Waals surface area contributed by atoms with Crippen LogP contribution in [0.5, 0.6) is 0 Å². The van der Waals surface area contributed by atoms with Crippen molar-refractivity contribution in [3.8, 4) is 0 Å². The Morgan fingerprint density at radius 2 is 2.40 bits per heavy atom. The topological polar surface area (TPSA) is 58.9 Å². The van der Waals surface area contributed by atoms with Crippen LogP contribution in [-0.4, -0.2) is 29.0 Å². The minimum absolute atomic E-state index is 0.00926. The minimum atomic E-state index is -1.05. The molecule has 0 radical (unpaired) electrons. The molecule has 0 atom stereocenters. The Balaban J connectivity index is 3.98. The van der Waals surface area contributed by atoms with Crippen molar-refractivity contribution in [1.82, 2.24) is 0 Å². The van der Waals surface area contributed by atoms with E-state index in [-0.39, 0.29) is 5.04 Å². The minimum Gasteiger partial charge on any atom is -0.476 e. The maximum absolute atomic E-state index is 10.2. The molecule has 4 nitrogen and oxygen atoms in total. The van der Waals surface area contributed by atoms with Crippen molar-refractivity contribution in [2.75, 3.05) is 12.9 Å². The zero-order chi connectivity index (χ0) is 7.98. The van der Waals surface area contributed by atoms with Crippen LogP contribution in [0.15, 0.2) is 5.16 Å². The standard InChI is InChI=1S/C5H9NO3S/c1-3-10-4(5(7)8)6-9-2/h3H2,1-2H3,(H,7,8). The van der Waals surface area contributed by atoms with E-state index >= 15 is 0 Å². The zero-order valence-corrected chi connectivity index (χ0v) is 6.64. The van der Waals surface area contributed by atoms with E-state index in [1.165, 1.54) is 7.11 Å². The Morgan fingerprint density at radius 3 is 2.70 bits per heavy atom. The summed E-state index contributed by atoms with van der Waals surface area (Å²) in [5.74, 6) is -0.372. The lowest BCUT2D eigenvalue weighted by molar-refractivity contribution is -0.129. The summed E-state index contributed by atoms with van der Waals surface area (Å²) in [6.07, 6.45) is 0. The molecule has 0 aromatic heterocycles. The molecule has 0 spiro atoms. The van der Waals surface area contributed by atoms with Crippen molar-refractivity contribution in [1.29, 1.82) is 0 Å². The highest BCUT2D eigenvalue weighted by molar-refractivity contribution is 8.15. The van der Waals surface area contributed by atoms with E-state index in [2.05, 4.69) is 9.99 Å². The third-order valence-corrected chi connectivity index (χ3v) is 1.45. The fourth-order valence-electron chi connectivity index (χ4n) is 0.347. The third-order valence-electron chi connectivity index (χ3n) is 0.638. The van der Waals surface area contributed by atoms with Gasteiger partial charge in [0.1, 0.15) is 7.11 Å². The van der Waals surface area contributed by atoms with Crippen LogP contribution in [0.1, 0.15) is 6.92 Å². The van der Waals surface area contributed by atoms with Gasteiger partial charge in [0, 0.05) is 0 Å². The first-order chi connectivity index (χ1) is 4.72. The van der Waals surface area contributed by atoms with Gasteiger partial charge >= 0.3 is 5.97 Å². The van der Waals surface area contributed by atoms with Gasteiger partial charge in [0.2, 0.25) is 5.04 Å². The van der Waals surface area contributed by atoms with Gasteiger partial charge in [-0.15, -0.1) is 0 Å². The molecule has 0 aromatic rings. The van der Waals surface area contributed by atoms with Crippen molar-refractivity contribution in [3.63, 3.8) is 0 Å². The lowest BCUT2D eigenvalue weighted by Gasteiger charge is -1.94. The van der Waals surface area contributed by atoms with Crippen LogP contribution in [0, 0.1) is 0 Å². The molecule has 0 aliphatic carbocycles. The summed E-state index contributed by atoms with van der Waals surface area (Å²) < 4.78 is 0. The SMILES string of the molecule is CCSC(=NOC)C(=O)O. The molecule has 0 aliphatic heterocycles. The Bertz CT molecular complexity index is 146. The van der Waals surface area contributed by atoms with Gasteiger partial charge in [-0.05, 0) is 5.75 Å². The molecule has 5 heteroatoms. The molecule has 0 aliphatic rings. The number of aliphatic carboxylic acids is 1. The molecule has 58 valence electrons. The largest absolute Gasteiger partial charge is 0.476 e. The molecule has 0 heterocycles. The number of nitrogens with zero attached hydrogens (tertiary/aromatic N) is 1. The summed E-state index contributed by atoms with van der Waals surface area (Å²) in [6.45, 7) is 1.85. The lowest BCUT2D eigenvalue weighted by atomic mass is 10.8.